The molecule has 0 aliphatic heterocycles. The highest BCUT2D eigenvalue weighted by molar-refractivity contribution is 9.10. The Morgan fingerprint density at radius 3 is 2.48 bits per heavy atom. The zero-order chi connectivity index (χ0) is 16.6. The summed E-state index contributed by atoms with van der Waals surface area (Å²) in [6.45, 7) is 0. The number of alkyl halides is 3. The summed E-state index contributed by atoms with van der Waals surface area (Å²) in [7, 11) is 0. The summed E-state index contributed by atoms with van der Waals surface area (Å²) in [6, 6.07) is 10.4. The predicted molar refractivity (Wildman–Crippen MR) is 81.0 cm³/mol. The van der Waals surface area contributed by atoms with E-state index in [0.29, 0.717) is 16.9 Å². The molecule has 23 heavy (non-hydrogen) atoms. The van der Waals surface area contributed by atoms with Gasteiger partial charge in [0.25, 0.3) is 0 Å². The number of rotatable bonds is 3. The molecular weight excluding hydrogens is 377 g/mol. The molecule has 120 valence electrons. The minimum absolute atomic E-state index is 0.308. The van der Waals surface area contributed by atoms with E-state index in [9.17, 15) is 18.3 Å². The van der Waals surface area contributed by atoms with E-state index >= 15 is 0 Å². The number of aliphatic hydroxyl groups excluding tert-OH is 1. The van der Waals surface area contributed by atoms with Gasteiger partial charge in [0, 0.05) is 4.47 Å². The molecule has 0 amide bonds. The molecule has 0 bridgehead atoms. The van der Waals surface area contributed by atoms with Gasteiger partial charge in [-0.15, -0.1) is 13.2 Å². The highest BCUT2D eigenvalue weighted by Gasteiger charge is 2.31. The number of aliphatic hydroxyl groups is 1. The van der Waals surface area contributed by atoms with Gasteiger partial charge in [-0.05, 0) is 35.9 Å². The van der Waals surface area contributed by atoms with Crippen LogP contribution in [-0.2, 0) is 0 Å². The van der Waals surface area contributed by atoms with Crippen LogP contribution in [0.2, 0.25) is 0 Å². The summed E-state index contributed by atoms with van der Waals surface area (Å²) in [4.78, 5) is 7.27. The van der Waals surface area contributed by atoms with Crippen molar-refractivity contribution in [3.05, 3.63) is 58.3 Å². The number of benzene rings is 2. The Balaban J connectivity index is 1.85. The lowest BCUT2D eigenvalue weighted by Gasteiger charge is -2.11. The van der Waals surface area contributed by atoms with E-state index in [4.69, 9.17) is 0 Å². The molecule has 1 aromatic heterocycles. The van der Waals surface area contributed by atoms with Crippen molar-refractivity contribution in [2.45, 2.75) is 12.5 Å². The SMILES string of the molecule is OC(c1ccc(OC(F)(F)F)cc1)c1nc2cc(Br)ccc2[nH]1. The molecule has 0 radical (unpaired) electrons. The van der Waals surface area contributed by atoms with Crippen molar-refractivity contribution < 1.29 is 23.0 Å². The molecule has 0 spiro atoms. The molecule has 1 unspecified atom stereocenters. The average Bonchev–Trinajstić information content (AvgIpc) is 2.88. The summed E-state index contributed by atoms with van der Waals surface area (Å²) in [5, 5.41) is 10.3. The highest BCUT2D eigenvalue weighted by Crippen LogP contribution is 2.27. The lowest BCUT2D eigenvalue weighted by atomic mass is 10.1. The summed E-state index contributed by atoms with van der Waals surface area (Å²) in [6.07, 6.45) is -5.83. The molecular formula is C15H10BrF3N2O2. The van der Waals surface area contributed by atoms with Gasteiger partial charge >= 0.3 is 6.36 Å². The monoisotopic (exact) mass is 386 g/mol. The Hall–Kier alpha value is -2.06. The van der Waals surface area contributed by atoms with Crippen molar-refractivity contribution in [1.82, 2.24) is 9.97 Å². The number of halogens is 4. The number of hydrogen-bond donors (Lipinski definition) is 2. The molecule has 3 aromatic rings. The normalized spacial score (nSPS) is 13.3. The van der Waals surface area contributed by atoms with Crippen LogP contribution in [0.5, 0.6) is 5.75 Å². The Kier molecular flexibility index (Phi) is 4.03. The second-order valence-corrected chi connectivity index (χ2v) is 5.72. The van der Waals surface area contributed by atoms with Crippen LogP contribution in [0.1, 0.15) is 17.5 Å². The van der Waals surface area contributed by atoms with Crippen LogP contribution < -0.4 is 4.74 Å². The maximum absolute atomic E-state index is 12.1. The molecule has 8 heteroatoms. The maximum Gasteiger partial charge on any atom is 0.573 e. The van der Waals surface area contributed by atoms with Crippen LogP contribution in [0.25, 0.3) is 11.0 Å². The molecule has 0 saturated heterocycles. The van der Waals surface area contributed by atoms with Crippen molar-refractivity contribution in [2.24, 2.45) is 0 Å². The van der Waals surface area contributed by atoms with Gasteiger partial charge in [-0.25, -0.2) is 4.98 Å². The quantitative estimate of drug-likeness (QED) is 0.705. The van der Waals surface area contributed by atoms with Gasteiger partial charge in [0.05, 0.1) is 11.0 Å². The second kappa shape index (κ2) is 5.86. The van der Waals surface area contributed by atoms with Gasteiger partial charge in [-0.2, -0.15) is 0 Å². The number of aromatic amines is 1. The number of nitrogens with zero attached hydrogens (tertiary/aromatic N) is 1. The largest absolute Gasteiger partial charge is 0.573 e. The van der Waals surface area contributed by atoms with Crippen LogP contribution in [0.3, 0.4) is 0 Å². The third kappa shape index (κ3) is 3.65. The Labute approximate surface area is 137 Å². The van der Waals surface area contributed by atoms with Crippen molar-refractivity contribution >= 4 is 27.0 Å². The lowest BCUT2D eigenvalue weighted by Crippen LogP contribution is -2.17. The minimum Gasteiger partial charge on any atom is -0.406 e. The van der Waals surface area contributed by atoms with Gasteiger partial charge in [-0.3, -0.25) is 0 Å². The van der Waals surface area contributed by atoms with Crippen molar-refractivity contribution in [3.63, 3.8) is 0 Å². The molecule has 4 nitrogen and oxygen atoms in total. The van der Waals surface area contributed by atoms with Crippen LogP contribution in [0, 0.1) is 0 Å². The lowest BCUT2D eigenvalue weighted by molar-refractivity contribution is -0.274. The average molecular weight is 387 g/mol. The third-order valence-electron chi connectivity index (χ3n) is 3.15. The van der Waals surface area contributed by atoms with Gasteiger partial charge in [-0.1, -0.05) is 28.1 Å². The van der Waals surface area contributed by atoms with E-state index in [0.717, 1.165) is 22.1 Å². The minimum atomic E-state index is -4.74. The van der Waals surface area contributed by atoms with Gasteiger partial charge in [0.2, 0.25) is 0 Å². The summed E-state index contributed by atoms with van der Waals surface area (Å²) in [5.74, 6) is -0.0374. The first-order valence-electron chi connectivity index (χ1n) is 6.51. The number of hydrogen-bond acceptors (Lipinski definition) is 3. The topological polar surface area (TPSA) is 58.1 Å². The van der Waals surface area contributed by atoms with E-state index in [1.807, 2.05) is 12.1 Å². The molecule has 3 rings (SSSR count). The number of H-pyrrole nitrogens is 1. The fourth-order valence-corrected chi connectivity index (χ4v) is 2.49. The molecule has 0 aliphatic rings. The fraction of sp³-hybridized carbons (Fsp3) is 0.133. The number of imidazole rings is 1. The van der Waals surface area contributed by atoms with E-state index in [1.54, 1.807) is 6.07 Å². The van der Waals surface area contributed by atoms with Gasteiger partial charge < -0.3 is 14.8 Å². The predicted octanol–water partition coefficient (Wildman–Crippen LogP) is 4.31. The number of nitrogens with one attached hydrogen (secondary N) is 1. The van der Waals surface area contributed by atoms with E-state index in [1.165, 1.54) is 12.1 Å². The zero-order valence-electron chi connectivity index (χ0n) is 11.4. The van der Waals surface area contributed by atoms with Crippen LogP contribution in [0.4, 0.5) is 13.2 Å². The number of ether oxygens (including phenoxy) is 1. The zero-order valence-corrected chi connectivity index (χ0v) is 13.0. The highest BCUT2D eigenvalue weighted by atomic mass is 79.9. The van der Waals surface area contributed by atoms with Crippen LogP contribution >= 0.6 is 15.9 Å². The molecule has 2 N–H and O–H groups in total. The van der Waals surface area contributed by atoms with Crippen molar-refractivity contribution in [3.8, 4) is 5.75 Å². The smallest absolute Gasteiger partial charge is 0.406 e. The van der Waals surface area contributed by atoms with E-state index < -0.39 is 12.5 Å². The Morgan fingerprint density at radius 2 is 1.83 bits per heavy atom. The van der Waals surface area contributed by atoms with Crippen molar-refractivity contribution in [1.29, 1.82) is 0 Å². The molecule has 1 atom stereocenters. The second-order valence-electron chi connectivity index (χ2n) is 4.80. The number of aromatic nitrogens is 2. The van der Waals surface area contributed by atoms with Crippen LogP contribution in [-0.4, -0.2) is 21.4 Å². The summed E-state index contributed by atoms with van der Waals surface area (Å²) < 4.78 is 41.0. The summed E-state index contributed by atoms with van der Waals surface area (Å²) in [5.41, 5.74) is 1.82. The van der Waals surface area contributed by atoms with Crippen molar-refractivity contribution in [2.75, 3.05) is 0 Å². The van der Waals surface area contributed by atoms with Gasteiger partial charge in [0.1, 0.15) is 17.7 Å². The maximum atomic E-state index is 12.1. The van der Waals surface area contributed by atoms with E-state index in [-0.39, 0.29) is 5.75 Å². The van der Waals surface area contributed by atoms with E-state index in [2.05, 4.69) is 30.6 Å². The first-order valence-corrected chi connectivity index (χ1v) is 7.30. The van der Waals surface area contributed by atoms with Gasteiger partial charge in [0.15, 0.2) is 0 Å². The Bertz CT molecular complexity index is 831. The number of fused-ring (bicyclic) bond motifs is 1. The fourth-order valence-electron chi connectivity index (χ4n) is 2.14. The third-order valence-corrected chi connectivity index (χ3v) is 3.65. The van der Waals surface area contributed by atoms with Crippen LogP contribution in [0.15, 0.2) is 46.9 Å². The molecule has 0 aliphatic carbocycles. The molecule has 0 fully saturated rings. The molecule has 0 saturated carbocycles. The summed E-state index contributed by atoms with van der Waals surface area (Å²) >= 11 is 3.33. The Morgan fingerprint density at radius 1 is 1.13 bits per heavy atom. The molecule has 2 aromatic carbocycles. The standard InChI is InChI=1S/C15H10BrF3N2O2/c16-9-3-6-11-12(7-9)21-14(20-11)13(22)8-1-4-10(5-2-8)23-15(17,18)19/h1-7,13,22H,(H,20,21). The first-order chi connectivity index (χ1) is 10.8. The first kappa shape index (κ1) is 15.8. The molecule has 1 heterocycles.